The molecule has 2 aliphatic rings. The van der Waals surface area contributed by atoms with E-state index in [1.807, 2.05) is 11.7 Å². The van der Waals surface area contributed by atoms with Crippen molar-refractivity contribution >= 4 is 23.4 Å². The second-order valence-corrected chi connectivity index (χ2v) is 6.76. The Morgan fingerprint density at radius 2 is 2.10 bits per heavy atom. The predicted molar refractivity (Wildman–Crippen MR) is 86.1 cm³/mol. The Morgan fingerprint density at radius 1 is 1.24 bits per heavy atom. The van der Waals surface area contributed by atoms with Gasteiger partial charge in [-0.1, -0.05) is 13.3 Å². The molecule has 0 aromatic carbocycles. The number of aryl methyl sites for hydroxylation is 2. The molecule has 4 rings (SSSR count). The second kappa shape index (κ2) is 4.95. The van der Waals surface area contributed by atoms with Crippen LogP contribution in [0, 0.1) is 4.77 Å². The monoisotopic (exact) mass is 305 g/mol. The molecule has 2 aromatic heterocycles. The molecule has 114 valence electrons. The van der Waals surface area contributed by atoms with Crippen molar-refractivity contribution in [1.82, 2.24) is 24.2 Å². The highest BCUT2D eigenvalue weighted by Gasteiger charge is 2.38. The summed E-state index contributed by atoms with van der Waals surface area (Å²) in [4.78, 5) is 6.07. The van der Waals surface area contributed by atoms with Gasteiger partial charge in [-0.2, -0.15) is 5.10 Å². The van der Waals surface area contributed by atoms with Crippen molar-refractivity contribution in [1.29, 1.82) is 0 Å². The highest BCUT2D eigenvalue weighted by atomic mass is 32.1. The van der Waals surface area contributed by atoms with Crippen molar-refractivity contribution in [3.8, 4) is 0 Å². The third-order valence-corrected chi connectivity index (χ3v) is 5.55. The molecule has 0 amide bonds. The molecule has 4 heterocycles. The molecule has 0 spiro atoms. The number of hydrogen-bond acceptors (Lipinski definition) is 3. The SMILES string of the molecule is CCc1nn(C)c2c1[nH]c(=S)n2C1CCN2CCCCC12. The lowest BCUT2D eigenvalue weighted by molar-refractivity contribution is 0.174. The number of aromatic nitrogens is 4. The van der Waals surface area contributed by atoms with E-state index in [1.165, 1.54) is 44.4 Å². The van der Waals surface area contributed by atoms with Gasteiger partial charge in [-0.25, -0.2) is 0 Å². The van der Waals surface area contributed by atoms with Crippen LogP contribution < -0.4 is 0 Å². The lowest BCUT2D eigenvalue weighted by atomic mass is 9.99. The van der Waals surface area contributed by atoms with Crippen molar-refractivity contribution in [3.05, 3.63) is 10.5 Å². The minimum atomic E-state index is 0.506. The molecule has 0 saturated carbocycles. The summed E-state index contributed by atoms with van der Waals surface area (Å²) in [5.41, 5.74) is 3.43. The number of rotatable bonds is 2. The lowest BCUT2D eigenvalue weighted by Gasteiger charge is -2.32. The van der Waals surface area contributed by atoms with E-state index >= 15 is 0 Å². The molecule has 0 aliphatic carbocycles. The van der Waals surface area contributed by atoms with Crippen LogP contribution in [0.2, 0.25) is 0 Å². The number of H-pyrrole nitrogens is 1. The van der Waals surface area contributed by atoms with Crippen LogP contribution in [0.25, 0.3) is 11.2 Å². The average molecular weight is 305 g/mol. The van der Waals surface area contributed by atoms with Gasteiger partial charge >= 0.3 is 0 Å². The molecule has 21 heavy (non-hydrogen) atoms. The molecule has 5 nitrogen and oxygen atoms in total. The highest BCUT2D eigenvalue weighted by molar-refractivity contribution is 7.71. The van der Waals surface area contributed by atoms with Crippen LogP contribution in [0.3, 0.4) is 0 Å². The molecule has 1 N–H and O–H groups in total. The zero-order valence-electron chi connectivity index (χ0n) is 12.8. The maximum atomic E-state index is 5.65. The van der Waals surface area contributed by atoms with Crippen molar-refractivity contribution in [3.63, 3.8) is 0 Å². The number of nitrogens with one attached hydrogen (secondary N) is 1. The quantitative estimate of drug-likeness (QED) is 0.868. The second-order valence-electron chi connectivity index (χ2n) is 6.38. The zero-order chi connectivity index (χ0) is 14.6. The molecule has 2 aromatic rings. The fourth-order valence-electron chi connectivity index (χ4n) is 4.31. The van der Waals surface area contributed by atoms with Crippen LogP contribution in [-0.2, 0) is 13.5 Å². The third kappa shape index (κ3) is 1.92. The molecule has 2 fully saturated rings. The van der Waals surface area contributed by atoms with Gasteiger partial charge in [0.2, 0.25) is 0 Å². The Morgan fingerprint density at radius 3 is 2.90 bits per heavy atom. The van der Waals surface area contributed by atoms with Crippen LogP contribution in [0.1, 0.15) is 44.3 Å². The Kier molecular flexibility index (Phi) is 3.19. The summed E-state index contributed by atoms with van der Waals surface area (Å²) in [5, 5.41) is 4.65. The number of nitrogens with zero attached hydrogens (tertiary/aromatic N) is 4. The van der Waals surface area contributed by atoms with Crippen LogP contribution in [0.4, 0.5) is 0 Å². The number of piperidine rings is 1. The van der Waals surface area contributed by atoms with Gasteiger partial charge in [-0.3, -0.25) is 14.1 Å². The van der Waals surface area contributed by atoms with Gasteiger partial charge in [0.25, 0.3) is 0 Å². The molecule has 0 radical (unpaired) electrons. The van der Waals surface area contributed by atoms with E-state index in [2.05, 4.69) is 26.5 Å². The van der Waals surface area contributed by atoms with Crippen LogP contribution >= 0.6 is 12.2 Å². The summed E-state index contributed by atoms with van der Waals surface area (Å²) >= 11 is 5.65. The minimum Gasteiger partial charge on any atom is -0.328 e. The number of imidazole rings is 1. The van der Waals surface area contributed by atoms with Gasteiger partial charge in [0.15, 0.2) is 10.4 Å². The van der Waals surface area contributed by atoms with E-state index in [0.717, 1.165) is 22.4 Å². The first-order chi connectivity index (χ1) is 10.2. The Labute approximate surface area is 129 Å². The first-order valence-corrected chi connectivity index (χ1v) is 8.51. The first kappa shape index (κ1) is 13.5. The molecular formula is C15H23N5S. The zero-order valence-corrected chi connectivity index (χ0v) is 13.6. The summed E-state index contributed by atoms with van der Waals surface area (Å²) in [7, 11) is 2.04. The predicted octanol–water partition coefficient (Wildman–Crippen LogP) is 2.79. The molecule has 2 aliphatic heterocycles. The van der Waals surface area contributed by atoms with Gasteiger partial charge in [0.05, 0.1) is 11.7 Å². The summed E-state index contributed by atoms with van der Waals surface area (Å²) in [6.45, 7) is 4.62. The molecule has 0 bridgehead atoms. The van der Waals surface area contributed by atoms with Crippen LogP contribution in [-0.4, -0.2) is 43.4 Å². The largest absolute Gasteiger partial charge is 0.328 e. The van der Waals surface area contributed by atoms with Crippen LogP contribution in [0.5, 0.6) is 0 Å². The Hall–Kier alpha value is -1.14. The lowest BCUT2D eigenvalue weighted by Crippen LogP contribution is -2.37. The maximum Gasteiger partial charge on any atom is 0.179 e. The third-order valence-electron chi connectivity index (χ3n) is 5.26. The van der Waals surface area contributed by atoms with E-state index in [9.17, 15) is 0 Å². The van der Waals surface area contributed by atoms with Crippen molar-refractivity contribution < 1.29 is 0 Å². The molecule has 2 saturated heterocycles. The van der Waals surface area contributed by atoms with Crippen molar-refractivity contribution in [2.24, 2.45) is 7.05 Å². The van der Waals surface area contributed by atoms with E-state index in [-0.39, 0.29) is 0 Å². The van der Waals surface area contributed by atoms with Gasteiger partial charge in [-0.15, -0.1) is 0 Å². The fourth-order valence-corrected chi connectivity index (χ4v) is 4.64. The summed E-state index contributed by atoms with van der Waals surface area (Å²) < 4.78 is 5.23. The van der Waals surface area contributed by atoms with Crippen molar-refractivity contribution in [2.75, 3.05) is 13.1 Å². The molecular weight excluding hydrogens is 282 g/mol. The minimum absolute atomic E-state index is 0.506. The fraction of sp³-hybridized carbons (Fsp3) is 0.733. The summed E-state index contributed by atoms with van der Waals surface area (Å²) in [6.07, 6.45) is 6.15. The van der Waals surface area contributed by atoms with Gasteiger partial charge in [0.1, 0.15) is 5.52 Å². The van der Waals surface area contributed by atoms with Gasteiger partial charge in [-0.05, 0) is 44.4 Å². The molecule has 2 unspecified atom stereocenters. The van der Waals surface area contributed by atoms with Gasteiger partial charge in [0, 0.05) is 19.6 Å². The Balaban J connectivity index is 1.85. The van der Waals surface area contributed by atoms with E-state index in [0.29, 0.717) is 12.1 Å². The average Bonchev–Trinajstić information content (AvgIpc) is 3.13. The number of hydrogen-bond donors (Lipinski definition) is 1. The number of fused-ring (bicyclic) bond motifs is 2. The highest BCUT2D eigenvalue weighted by Crippen LogP contribution is 2.37. The summed E-state index contributed by atoms with van der Waals surface area (Å²) in [6, 6.07) is 1.16. The standard InChI is InChI=1S/C15H23N5S/c1-3-10-13-14(18(2)17-10)20(15(21)16-13)12-7-9-19-8-5-4-6-11(12)19/h11-12H,3-9H2,1-2H3,(H,16,21). The topological polar surface area (TPSA) is 41.8 Å². The van der Waals surface area contributed by atoms with E-state index < -0.39 is 0 Å². The normalized spacial score (nSPS) is 26.6. The molecule has 6 heteroatoms. The first-order valence-electron chi connectivity index (χ1n) is 8.11. The van der Waals surface area contributed by atoms with Crippen molar-refractivity contribution in [2.45, 2.75) is 51.1 Å². The Bertz CT molecular complexity index is 724. The van der Waals surface area contributed by atoms with E-state index in [1.54, 1.807) is 0 Å². The van der Waals surface area contributed by atoms with Crippen LogP contribution in [0.15, 0.2) is 0 Å². The smallest absolute Gasteiger partial charge is 0.179 e. The number of aromatic amines is 1. The maximum absolute atomic E-state index is 5.65. The van der Waals surface area contributed by atoms with E-state index in [4.69, 9.17) is 12.2 Å². The summed E-state index contributed by atoms with van der Waals surface area (Å²) in [5.74, 6) is 0. The van der Waals surface area contributed by atoms with Gasteiger partial charge < -0.3 is 4.98 Å². The molecule has 2 atom stereocenters.